The van der Waals surface area contributed by atoms with Crippen LogP contribution in [0.4, 0.5) is 5.69 Å². The van der Waals surface area contributed by atoms with Crippen LogP contribution in [0.1, 0.15) is 35.7 Å². The fraction of sp³-hybridized carbons (Fsp3) is 0.333. The highest BCUT2D eigenvalue weighted by Gasteiger charge is 2.29. The van der Waals surface area contributed by atoms with Gasteiger partial charge in [0.1, 0.15) is 0 Å². The van der Waals surface area contributed by atoms with E-state index in [2.05, 4.69) is 0 Å². The Hall–Kier alpha value is -2.58. The maximum absolute atomic E-state index is 13.4. The summed E-state index contributed by atoms with van der Waals surface area (Å²) >= 11 is 6.01. The van der Waals surface area contributed by atoms with E-state index in [-0.39, 0.29) is 47.2 Å². The van der Waals surface area contributed by atoms with E-state index < -0.39 is 22.0 Å². The standard InChI is InChI=1S/C21H24ClNO6S/c1-4-29-20(24)6-5-13-23(30(26,27)17-10-7-15(2)8-11-17)19-12-9-16(22)14-18(19)21(25)28-3/h7-12,14H,4-6,13H2,1-3H3. The Bertz CT molecular complexity index is 1000. The molecule has 0 radical (unpaired) electrons. The number of anilines is 1. The van der Waals surface area contributed by atoms with Gasteiger partial charge in [0.2, 0.25) is 0 Å². The largest absolute Gasteiger partial charge is 0.466 e. The Balaban J connectivity index is 2.50. The van der Waals surface area contributed by atoms with E-state index in [0.29, 0.717) is 0 Å². The van der Waals surface area contributed by atoms with Crippen LogP contribution in [0, 0.1) is 6.92 Å². The highest BCUT2D eigenvalue weighted by atomic mass is 35.5. The first-order valence-corrected chi connectivity index (χ1v) is 11.2. The van der Waals surface area contributed by atoms with Gasteiger partial charge in [-0.15, -0.1) is 0 Å². The molecule has 0 fully saturated rings. The second-order valence-electron chi connectivity index (χ2n) is 6.45. The van der Waals surface area contributed by atoms with Crippen molar-refractivity contribution in [2.24, 2.45) is 0 Å². The summed E-state index contributed by atoms with van der Waals surface area (Å²) in [7, 11) is -2.83. The molecular weight excluding hydrogens is 430 g/mol. The van der Waals surface area contributed by atoms with Crippen LogP contribution in [0.3, 0.4) is 0 Å². The van der Waals surface area contributed by atoms with Gasteiger partial charge in [-0.05, 0) is 50.6 Å². The number of benzene rings is 2. The van der Waals surface area contributed by atoms with Crippen molar-refractivity contribution < 1.29 is 27.5 Å². The summed E-state index contributed by atoms with van der Waals surface area (Å²) in [5, 5.41) is 0.262. The lowest BCUT2D eigenvalue weighted by Crippen LogP contribution is -2.33. The number of carbonyl (C=O) groups is 2. The van der Waals surface area contributed by atoms with Crippen LogP contribution < -0.4 is 4.31 Å². The van der Waals surface area contributed by atoms with Crippen molar-refractivity contribution in [3.63, 3.8) is 0 Å². The molecule has 0 spiro atoms. The Kier molecular flexibility index (Phi) is 8.25. The van der Waals surface area contributed by atoms with Crippen molar-refractivity contribution in [2.75, 3.05) is 24.6 Å². The van der Waals surface area contributed by atoms with E-state index in [9.17, 15) is 18.0 Å². The van der Waals surface area contributed by atoms with Gasteiger partial charge in [-0.3, -0.25) is 9.10 Å². The highest BCUT2D eigenvalue weighted by Crippen LogP contribution is 2.30. The fourth-order valence-electron chi connectivity index (χ4n) is 2.81. The van der Waals surface area contributed by atoms with Crippen molar-refractivity contribution >= 4 is 39.3 Å². The molecule has 0 N–H and O–H groups in total. The van der Waals surface area contributed by atoms with Crippen molar-refractivity contribution in [2.45, 2.75) is 31.6 Å². The molecule has 0 bridgehead atoms. The normalized spacial score (nSPS) is 11.1. The minimum absolute atomic E-state index is 0.0109. The minimum atomic E-state index is -4.03. The first-order valence-electron chi connectivity index (χ1n) is 9.33. The lowest BCUT2D eigenvalue weighted by molar-refractivity contribution is -0.143. The smallest absolute Gasteiger partial charge is 0.340 e. The molecule has 2 aromatic carbocycles. The van der Waals surface area contributed by atoms with Gasteiger partial charge in [0.15, 0.2) is 0 Å². The second-order valence-corrected chi connectivity index (χ2v) is 8.75. The molecule has 0 aromatic heterocycles. The number of hydrogen-bond donors (Lipinski definition) is 0. The van der Waals surface area contributed by atoms with Crippen LogP contribution in [-0.4, -0.2) is 40.6 Å². The number of sulfonamides is 1. The summed E-state index contributed by atoms with van der Waals surface area (Å²) in [6.45, 7) is 3.75. The van der Waals surface area contributed by atoms with Gasteiger partial charge >= 0.3 is 11.9 Å². The van der Waals surface area contributed by atoms with E-state index in [1.807, 2.05) is 6.92 Å². The lowest BCUT2D eigenvalue weighted by atomic mass is 10.1. The summed E-state index contributed by atoms with van der Waals surface area (Å²) in [6, 6.07) is 10.7. The van der Waals surface area contributed by atoms with Crippen LogP contribution >= 0.6 is 11.6 Å². The zero-order valence-corrected chi connectivity index (χ0v) is 18.6. The van der Waals surface area contributed by atoms with Crippen LogP contribution in [0.2, 0.25) is 5.02 Å². The Morgan fingerprint density at radius 2 is 1.77 bits per heavy atom. The molecule has 0 atom stereocenters. The van der Waals surface area contributed by atoms with Crippen LogP contribution in [0.15, 0.2) is 47.4 Å². The third-order valence-corrected chi connectivity index (χ3v) is 6.35. The molecule has 162 valence electrons. The number of carbonyl (C=O) groups excluding carboxylic acids is 2. The average molecular weight is 454 g/mol. The summed E-state index contributed by atoms with van der Waals surface area (Å²) in [5.41, 5.74) is 1.04. The number of nitrogens with zero attached hydrogens (tertiary/aromatic N) is 1. The molecular formula is C21H24ClNO6S. The van der Waals surface area contributed by atoms with Gasteiger partial charge in [-0.1, -0.05) is 29.3 Å². The van der Waals surface area contributed by atoms with Crippen LogP contribution in [0.25, 0.3) is 0 Å². The van der Waals surface area contributed by atoms with Crippen molar-refractivity contribution in [3.05, 3.63) is 58.6 Å². The molecule has 2 rings (SSSR count). The van der Waals surface area contributed by atoms with E-state index in [4.69, 9.17) is 21.1 Å². The number of hydrogen-bond acceptors (Lipinski definition) is 6. The molecule has 0 heterocycles. The number of aryl methyl sites for hydroxylation is 1. The Morgan fingerprint density at radius 3 is 2.37 bits per heavy atom. The number of methoxy groups -OCH3 is 1. The number of ether oxygens (including phenoxy) is 2. The molecule has 0 amide bonds. The third kappa shape index (κ3) is 5.73. The molecule has 0 unspecified atom stereocenters. The van der Waals surface area contributed by atoms with Crippen LogP contribution in [-0.2, 0) is 24.3 Å². The van der Waals surface area contributed by atoms with Crippen LogP contribution in [0.5, 0.6) is 0 Å². The summed E-state index contributed by atoms with van der Waals surface area (Å²) in [6.07, 6.45) is 0.238. The summed E-state index contributed by atoms with van der Waals surface area (Å²) < 4.78 is 37.6. The summed E-state index contributed by atoms with van der Waals surface area (Å²) in [4.78, 5) is 24.1. The quantitative estimate of drug-likeness (QED) is 0.533. The predicted molar refractivity (Wildman–Crippen MR) is 114 cm³/mol. The van der Waals surface area contributed by atoms with E-state index in [0.717, 1.165) is 9.87 Å². The van der Waals surface area contributed by atoms with Gasteiger partial charge in [-0.25, -0.2) is 13.2 Å². The molecule has 0 saturated carbocycles. The first-order chi connectivity index (χ1) is 14.2. The maximum atomic E-state index is 13.4. The monoisotopic (exact) mass is 453 g/mol. The molecule has 0 aliphatic heterocycles. The van der Waals surface area contributed by atoms with E-state index >= 15 is 0 Å². The van der Waals surface area contributed by atoms with Gasteiger partial charge in [0.25, 0.3) is 10.0 Å². The average Bonchev–Trinajstić information content (AvgIpc) is 2.71. The Morgan fingerprint density at radius 1 is 1.10 bits per heavy atom. The number of esters is 2. The molecule has 0 aliphatic rings. The van der Waals surface area contributed by atoms with Gasteiger partial charge in [-0.2, -0.15) is 0 Å². The second kappa shape index (κ2) is 10.4. The molecule has 0 aliphatic carbocycles. The number of halogens is 1. The minimum Gasteiger partial charge on any atom is -0.466 e. The zero-order chi connectivity index (χ0) is 22.3. The fourth-order valence-corrected chi connectivity index (χ4v) is 4.50. The van der Waals surface area contributed by atoms with Crippen molar-refractivity contribution in [1.82, 2.24) is 0 Å². The summed E-state index contributed by atoms with van der Waals surface area (Å²) in [5.74, 6) is -1.14. The maximum Gasteiger partial charge on any atom is 0.340 e. The van der Waals surface area contributed by atoms with Crippen molar-refractivity contribution in [3.8, 4) is 0 Å². The third-order valence-electron chi connectivity index (χ3n) is 4.29. The van der Waals surface area contributed by atoms with Crippen molar-refractivity contribution in [1.29, 1.82) is 0 Å². The number of rotatable bonds is 9. The van der Waals surface area contributed by atoms with Gasteiger partial charge in [0, 0.05) is 18.0 Å². The molecule has 0 saturated heterocycles. The predicted octanol–water partition coefficient (Wildman–Crippen LogP) is 3.97. The lowest BCUT2D eigenvalue weighted by Gasteiger charge is -2.26. The zero-order valence-electron chi connectivity index (χ0n) is 17.1. The van der Waals surface area contributed by atoms with E-state index in [1.54, 1.807) is 19.1 Å². The Labute approximate surface area is 181 Å². The van der Waals surface area contributed by atoms with Gasteiger partial charge in [0.05, 0.1) is 29.9 Å². The molecule has 30 heavy (non-hydrogen) atoms. The molecule has 2 aromatic rings. The SMILES string of the molecule is CCOC(=O)CCCN(c1ccc(Cl)cc1C(=O)OC)S(=O)(=O)c1ccc(C)cc1. The topological polar surface area (TPSA) is 90.0 Å². The van der Waals surface area contributed by atoms with E-state index in [1.165, 1.54) is 37.4 Å². The molecule has 7 nitrogen and oxygen atoms in total. The highest BCUT2D eigenvalue weighted by molar-refractivity contribution is 7.92. The van der Waals surface area contributed by atoms with Gasteiger partial charge < -0.3 is 9.47 Å². The first kappa shape index (κ1) is 23.7. The molecule has 9 heteroatoms.